The van der Waals surface area contributed by atoms with Crippen LogP contribution in [0.5, 0.6) is 0 Å². The molecule has 6 heteroatoms. The van der Waals surface area contributed by atoms with Crippen LogP contribution in [0.4, 0.5) is 0 Å². The summed E-state index contributed by atoms with van der Waals surface area (Å²) in [6.07, 6.45) is 2.19. The quantitative estimate of drug-likeness (QED) is 0.327. The van der Waals surface area contributed by atoms with E-state index < -0.39 is 12.0 Å². The second-order valence-electron chi connectivity index (χ2n) is 3.09. The van der Waals surface area contributed by atoms with Gasteiger partial charge in [0, 0.05) is 13.0 Å². The lowest BCUT2D eigenvalue weighted by molar-refractivity contribution is -0.143. The summed E-state index contributed by atoms with van der Waals surface area (Å²) in [5.41, 5.74) is 5.20. The predicted molar refractivity (Wildman–Crippen MR) is 56.8 cm³/mol. The van der Waals surface area contributed by atoms with Gasteiger partial charge in [-0.15, -0.1) is 0 Å². The summed E-state index contributed by atoms with van der Waals surface area (Å²) in [6, 6.07) is -1.02. The molecule has 0 rings (SSSR count). The van der Waals surface area contributed by atoms with Crippen molar-refractivity contribution in [3.8, 4) is 0 Å². The molecule has 0 heterocycles. The van der Waals surface area contributed by atoms with Crippen LogP contribution in [-0.2, 0) is 19.1 Å². The van der Waals surface area contributed by atoms with Crippen molar-refractivity contribution in [2.45, 2.75) is 18.9 Å². The van der Waals surface area contributed by atoms with Gasteiger partial charge >= 0.3 is 11.9 Å². The van der Waals surface area contributed by atoms with E-state index in [4.69, 9.17) is 20.3 Å². The molecule has 1 atom stereocenters. The average molecular weight is 231 g/mol. The van der Waals surface area contributed by atoms with Gasteiger partial charge in [-0.05, 0) is 6.42 Å². The highest BCUT2D eigenvalue weighted by Gasteiger charge is 2.10. The third-order valence-corrected chi connectivity index (χ3v) is 1.65. The number of nitrogens with two attached hydrogens (primary N) is 1. The normalized spacial score (nSPS) is 11.8. The standard InChI is InChI=1S/C10H17NO5/c1-2-5-16-9(12)4-3-6-15-7-8(11)10(13)14/h2,8H,1,3-7,11H2,(H,13,14)/t8-/m0/s1. The van der Waals surface area contributed by atoms with Crippen LogP contribution < -0.4 is 5.73 Å². The second kappa shape index (κ2) is 8.87. The molecule has 0 aromatic rings. The van der Waals surface area contributed by atoms with Crippen molar-refractivity contribution < 1.29 is 24.2 Å². The zero-order valence-corrected chi connectivity index (χ0v) is 9.05. The van der Waals surface area contributed by atoms with Crippen molar-refractivity contribution in [1.82, 2.24) is 0 Å². The number of ether oxygens (including phenoxy) is 2. The minimum Gasteiger partial charge on any atom is -0.480 e. The molecule has 0 aliphatic rings. The molecule has 0 aliphatic carbocycles. The lowest BCUT2D eigenvalue weighted by Gasteiger charge is -2.07. The van der Waals surface area contributed by atoms with Gasteiger partial charge in [0.05, 0.1) is 6.61 Å². The summed E-state index contributed by atoms with van der Waals surface area (Å²) in [6.45, 7) is 3.83. The van der Waals surface area contributed by atoms with E-state index in [1.807, 2.05) is 0 Å². The fourth-order valence-corrected chi connectivity index (χ4v) is 0.824. The van der Waals surface area contributed by atoms with Gasteiger partial charge in [-0.3, -0.25) is 9.59 Å². The molecule has 0 saturated heterocycles. The number of carboxylic acids is 1. The fourth-order valence-electron chi connectivity index (χ4n) is 0.824. The molecule has 3 N–H and O–H groups in total. The number of carboxylic acid groups (broad SMARTS) is 1. The third kappa shape index (κ3) is 7.95. The van der Waals surface area contributed by atoms with Crippen molar-refractivity contribution in [3.05, 3.63) is 12.7 Å². The van der Waals surface area contributed by atoms with Crippen molar-refractivity contribution in [3.63, 3.8) is 0 Å². The largest absolute Gasteiger partial charge is 0.480 e. The minimum absolute atomic E-state index is 0.0585. The Balaban J connectivity index is 3.36. The van der Waals surface area contributed by atoms with Gasteiger partial charge in [0.2, 0.25) is 0 Å². The van der Waals surface area contributed by atoms with E-state index in [1.165, 1.54) is 6.08 Å². The average Bonchev–Trinajstić information content (AvgIpc) is 2.25. The maximum Gasteiger partial charge on any atom is 0.322 e. The highest BCUT2D eigenvalue weighted by Crippen LogP contribution is 1.94. The van der Waals surface area contributed by atoms with Crippen LogP contribution >= 0.6 is 0 Å². The Hall–Kier alpha value is -1.40. The van der Waals surface area contributed by atoms with Crippen molar-refractivity contribution in [2.24, 2.45) is 5.73 Å². The molecule has 0 bridgehead atoms. The van der Waals surface area contributed by atoms with Gasteiger partial charge in [-0.2, -0.15) is 0 Å². The first-order valence-electron chi connectivity index (χ1n) is 4.90. The Bertz CT molecular complexity index is 241. The lowest BCUT2D eigenvalue weighted by atomic mass is 10.3. The number of carbonyl (C=O) groups excluding carboxylic acids is 1. The van der Waals surface area contributed by atoms with E-state index in [9.17, 15) is 9.59 Å². The van der Waals surface area contributed by atoms with Crippen LogP contribution in [0, 0.1) is 0 Å². The number of rotatable bonds is 9. The highest BCUT2D eigenvalue weighted by atomic mass is 16.5. The number of hydrogen-bond acceptors (Lipinski definition) is 5. The summed E-state index contributed by atoms with van der Waals surface area (Å²) in [4.78, 5) is 21.3. The first-order chi connectivity index (χ1) is 7.57. The second-order valence-corrected chi connectivity index (χ2v) is 3.09. The van der Waals surface area contributed by atoms with Gasteiger partial charge in [-0.25, -0.2) is 0 Å². The van der Waals surface area contributed by atoms with Gasteiger partial charge in [-0.1, -0.05) is 12.7 Å². The monoisotopic (exact) mass is 231 g/mol. The molecular formula is C10H17NO5. The van der Waals surface area contributed by atoms with Crippen molar-refractivity contribution in [2.75, 3.05) is 19.8 Å². The zero-order chi connectivity index (χ0) is 12.4. The summed E-state index contributed by atoms with van der Waals surface area (Å²) in [5.74, 6) is -1.43. The fraction of sp³-hybridized carbons (Fsp3) is 0.600. The topological polar surface area (TPSA) is 98.9 Å². The summed E-state index contributed by atoms with van der Waals surface area (Å²) in [7, 11) is 0. The maximum atomic E-state index is 11.0. The van der Waals surface area contributed by atoms with Gasteiger partial charge in [0.25, 0.3) is 0 Å². The van der Waals surface area contributed by atoms with Crippen LogP contribution in [0.3, 0.4) is 0 Å². The van der Waals surface area contributed by atoms with Crippen molar-refractivity contribution >= 4 is 11.9 Å². The Morgan fingerprint density at radius 1 is 1.50 bits per heavy atom. The molecular weight excluding hydrogens is 214 g/mol. The highest BCUT2D eigenvalue weighted by molar-refractivity contribution is 5.73. The van der Waals surface area contributed by atoms with Gasteiger partial charge < -0.3 is 20.3 Å². The number of carbonyl (C=O) groups is 2. The summed E-state index contributed by atoms with van der Waals surface area (Å²) in [5, 5.41) is 8.44. The van der Waals surface area contributed by atoms with Crippen LogP contribution in [0.2, 0.25) is 0 Å². The van der Waals surface area contributed by atoms with Crippen LogP contribution in [0.15, 0.2) is 12.7 Å². The van der Waals surface area contributed by atoms with E-state index >= 15 is 0 Å². The van der Waals surface area contributed by atoms with E-state index in [0.717, 1.165) is 0 Å². The summed E-state index contributed by atoms with van der Waals surface area (Å²) < 4.78 is 9.70. The van der Waals surface area contributed by atoms with Crippen LogP contribution in [0.1, 0.15) is 12.8 Å². The van der Waals surface area contributed by atoms with E-state index in [-0.39, 0.29) is 32.2 Å². The molecule has 0 fully saturated rings. The molecule has 0 amide bonds. The van der Waals surface area contributed by atoms with Crippen molar-refractivity contribution in [1.29, 1.82) is 0 Å². The smallest absolute Gasteiger partial charge is 0.322 e. The minimum atomic E-state index is -1.11. The van der Waals surface area contributed by atoms with E-state index in [0.29, 0.717) is 6.42 Å². The number of hydrogen-bond donors (Lipinski definition) is 2. The Morgan fingerprint density at radius 3 is 2.75 bits per heavy atom. The first kappa shape index (κ1) is 14.6. The molecule has 6 nitrogen and oxygen atoms in total. The van der Waals surface area contributed by atoms with Crippen LogP contribution in [0.25, 0.3) is 0 Å². The molecule has 0 spiro atoms. The Kier molecular flexibility index (Phi) is 8.10. The molecule has 16 heavy (non-hydrogen) atoms. The predicted octanol–water partition coefficient (Wildman–Crippen LogP) is -0.0757. The Labute approximate surface area is 94.0 Å². The van der Waals surface area contributed by atoms with Gasteiger partial charge in [0.1, 0.15) is 12.6 Å². The maximum absolute atomic E-state index is 11.0. The number of aliphatic carboxylic acids is 1. The number of esters is 1. The molecule has 0 aromatic heterocycles. The Morgan fingerprint density at radius 2 is 2.19 bits per heavy atom. The molecule has 0 aliphatic heterocycles. The molecule has 0 saturated carbocycles. The zero-order valence-electron chi connectivity index (χ0n) is 9.05. The first-order valence-corrected chi connectivity index (χ1v) is 4.90. The van der Waals surface area contributed by atoms with Crippen LogP contribution in [-0.4, -0.2) is 42.9 Å². The third-order valence-electron chi connectivity index (χ3n) is 1.65. The summed E-state index contributed by atoms with van der Waals surface area (Å²) >= 11 is 0. The van der Waals surface area contributed by atoms with E-state index in [2.05, 4.69) is 6.58 Å². The lowest BCUT2D eigenvalue weighted by Crippen LogP contribution is -2.35. The van der Waals surface area contributed by atoms with Gasteiger partial charge in [0.15, 0.2) is 0 Å². The molecule has 0 aromatic carbocycles. The molecule has 92 valence electrons. The SMILES string of the molecule is C=CCOC(=O)CCCOC[C@H](N)C(=O)O. The molecule has 0 unspecified atom stereocenters. The molecule has 0 radical (unpaired) electrons. The van der Waals surface area contributed by atoms with E-state index in [1.54, 1.807) is 0 Å².